The maximum atomic E-state index is 12.7. The van der Waals surface area contributed by atoms with E-state index in [4.69, 9.17) is 32.7 Å². The number of amides is 1. The monoisotopic (exact) mass is 533 g/mol. The highest BCUT2D eigenvalue weighted by Crippen LogP contribution is 2.30. The van der Waals surface area contributed by atoms with Gasteiger partial charge in [0.1, 0.15) is 24.0 Å². The van der Waals surface area contributed by atoms with Gasteiger partial charge < -0.3 is 9.47 Å². The third-order valence-corrected chi connectivity index (χ3v) is 6.12. The first-order chi connectivity index (χ1) is 17.0. The fraction of sp³-hybridized carbons (Fsp3) is 0.292. The van der Waals surface area contributed by atoms with Gasteiger partial charge in [-0.15, -0.1) is 0 Å². The van der Waals surface area contributed by atoms with Crippen LogP contribution in [0, 0.1) is 24.0 Å². The van der Waals surface area contributed by atoms with Gasteiger partial charge in [-0.05, 0) is 58.0 Å². The van der Waals surface area contributed by atoms with Gasteiger partial charge in [0, 0.05) is 21.2 Å². The van der Waals surface area contributed by atoms with E-state index in [2.05, 4.69) is 15.6 Å². The molecule has 0 aliphatic rings. The van der Waals surface area contributed by atoms with Crippen LogP contribution < -0.4 is 14.9 Å². The van der Waals surface area contributed by atoms with E-state index < -0.39 is 16.9 Å². The molecule has 1 amide bonds. The number of nitro groups is 1. The number of aryl methyl sites for hydroxylation is 1. The molecule has 1 atom stereocenters. The van der Waals surface area contributed by atoms with E-state index in [0.717, 1.165) is 5.56 Å². The maximum absolute atomic E-state index is 12.7. The van der Waals surface area contributed by atoms with Crippen molar-refractivity contribution in [2.24, 2.45) is 5.10 Å². The molecule has 0 aliphatic heterocycles. The molecule has 1 aromatic heterocycles. The third-order valence-electron chi connectivity index (χ3n) is 5.53. The summed E-state index contributed by atoms with van der Waals surface area (Å²) in [4.78, 5) is 23.4. The Labute approximate surface area is 218 Å². The molecule has 0 radical (unpaired) electrons. The molecule has 0 bridgehead atoms. The molecule has 1 N–H and O–H groups in total. The van der Waals surface area contributed by atoms with Crippen LogP contribution in [0.1, 0.15) is 42.4 Å². The minimum atomic E-state index is -0.807. The van der Waals surface area contributed by atoms with Gasteiger partial charge in [0.05, 0.1) is 17.7 Å². The number of aromatic nitrogens is 2. The second-order valence-electron chi connectivity index (χ2n) is 7.96. The van der Waals surface area contributed by atoms with E-state index in [-0.39, 0.29) is 18.0 Å². The summed E-state index contributed by atoms with van der Waals surface area (Å²) < 4.78 is 12.6. The van der Waals surface area contributed by atoms with E-state index in [1.54, 1.807) is 57.2 Å². The van der Waals surface area contributed by atoms with E-state index in [0.29, 0.717) is 38.5 Å². The van der Waals surface area contributed by atoms with Crippen LogP contribution in [-0.4, -0.2) is 33.4 Å². The van der Waals surface area contributed by atoms with Gasteiger partial charge in [-0.25, -0.2) is 5.43 Å². The van der Waals surface area contributed by atoms with Crippen LogP contribution in [0.25, 0.3) is 0 Å². The maximum Gasteiger partial charge on any atom is 0.312 e. The highest BCUT2D eigenvalue weighted by molar-refractivity contribution is 6.35. The summed E-state index contributed by atoms with van der Waals surface area (Å²) in [5.74, 6) is 0.507. The molecule has 190 valence electrons. The fourth-order valence-electron chi connectivity index (χ4n) is 3.51. The lowest BCUT2D eigenvalue weighted by molar-refractivity contribution is -0.386. The van der Waals surface area contributed by atoms with E-state index >= 15 is 0 Å². The van der Waals surface area contributed by atoms with Gasteiger partial charge >= 0.3 is 5.69 Å². The first kappa shape index (κ1) is 27.0. The summed E-state index contributed by atoms with van der Waals surface area (Å²) in [7, 11) is 1.52. The number of hydrogen-bond donors (Lipinski definition) is 1. The predicted octanol–water partition coefficient (Wildman–Crippen LogP) is 5.40. The lowest BCUT2D eigenvalue weighted by atomic mass is 10.1. The zero-order chi connectivity index (χ0) is 26.6. The van der Waals surface area contributed by atoms with Crippen molar-refractivity contribution >= 4 is 40.5 Å². The first-order valence-corrected chi connectivity index (χ1v) is 11.6. The Kier molecular flexibility index (Phi) is 8.54. The molecule has 3 aromatic rings. The number of carbonyl (C=O) groups excluding carboxylic acids is 1. The summed E-state index contributed by atoms with van der Waals surface area (Å²) in [6.45, 7) is 6.61. The molecule has 3 rings (SSSR count). The van der Waals surface area contributed by atoms with Crippen LogP contribution in [0.2, 0.25) is 10.0 Å². The van der Waals surface area contributed by atoms with Gasteiger partial charge in [-0.3, -0.25) is 19.6 Å². The van der Waals surface area contributed by atoms with Crippen LogP contribution in [0.5, 0.6) is 11.5 Å². The SMILES string of the molecule is COc1cc(C(C)=NNC(=O)C(C)n2nc(C)c([N+](=O)[O-])c2C)ccc1OCc1ccc(Cl)cc1Cl. The second kappa shape index (κ2) is 11.4. The molecule has 2 aromatic carbocycles. The zero-order valence-corrected chi connectivity index (χ0v) is 21.8. The average molecular weight is 534 g/mol. The molecule has 0 saturated carbocycles. The number of carbonyl (C=O) groups is 1. The van der Waals surface area contributed by atoms with Gasteiger partial charge in [0.15, 0.2) is 11.5 Å². The van der Waals surface area contributed by atoms with Crippen LogP contribution in [0.4, 0.5) is 5.69 Å². The smallest absolute Gasteiger partial charge is 0.312 e. The van der Waals surface area contributed by atoms with Crippen LogP contribution in [0.15, 0.2) is 41.5 Å². The van der Waals surface area contributed by atoms with E-state index in [1.165, 1.54) is 18.7 Å². The molecular formula is C24H25Cl2N5O5. The highest BCUT2D eigenvalue weighted by Gasteiger charge is 2.27. The zero-order valence-electron chi connectivity index (χ0n) is 20.3. The summed E-state index contributed by atoms with van der Waals surface area (Å²) in [6.07, 6.45) is 0. The Morgan fingerprint density at radius 1 is 1.22 bits per heavy atom. The van der Waals surface area contributed by atoms with E-state index in [1.807, 2.05) is 0 Å². The number of hydrogen-bond acceptors (Lipinski definition) is 7. The Bertz CT molecular complexity index is 1340. The number of nitrogens with zero attached hydrogens (tertiary/aromatic N) is 4. The summed E-state index contributed by atoms with van der Waals surface area (Å²) in [6, 6.07) is 9.61. The molecule has 12 heteroatoms. The molecule has 1 unspecified atom stereocenters. The van der Waals surface area contributed by atoms with Crippen molar-refractivity contribution < 1.29 is 19.2 Å². The minimum absolute atomic E-state index is 0.109. The summed E-state index contributed by atoms with van der Waals surface area (Å²) >= 11 is 12.1. The predicted molar refractivity (Wildman–Crippen MR) is 137 cm³/mol. The van der Waals surface area contributed by atoms with Crippen molar-refractivity contribution in [2.75, 3.05) is 7.11 Å². The van der Waals surface area contributed by atoms with Gasteiger partial charge in [0.2, 0.25) is 0 Å². The van der Waals surface area contributed by atoms with Crippen molar-refractivity contribution in [3.05, 3.63) is 79.1 Å². The van der Waals surface area contributed by atoms with Crippen LogP contribution in [0.3, 0.4) is 0 Å². The third kappa shape index (κ3) is 5.95. The van der Waals surface area contributed by atoms with Crippen molar-refractivity contribution in [1.82, 2.24) is 15.2 Å². The average Bonchev–Trinajstić information content (AvgIpc) is 3.14. The van der Waals surface area contributed by atoms with Gasteiger partial charge in [-0.2, -0.15) is 10.2 Å². The van der Waals surface area contributed by atoms with Crippen molar-refractivity contribution in [1.29, 1.82) is 0 Å². The van der Waals surface area contributed by atoms with E-state index in [9.17, 15) is 14.9 Å². The lowest BCUT2D eigenvalue weighted by Crippen LogP contribution is -2.29. The fourth-order valence-corrected chi connectivity index (χ4v) is 3.97. The van der Waals surface area contributed by atoms with Gasteiger partial charge in [-0.1, -0.05) is 29.3 Å². The summed E-state index contributed by atoms with van der Waals surface area (Å²) in [5.41, 5.74) is 4.90. The number of rotatable bonds is 9. The number of halogens is 2. The van der Waals surface area contributed by atoms with Crippen LogP contribution in [-0.2, 0) is 11.4 Å². The first-order valence-electron chi connectivity index (χ1n) is 10.8. The van der Waals surface area contributed by atoms with Crippen molar-refractivity contribution in [3.8, 4) is 11.5 Å². The Hall–Kier alpha value is -3.63. The molecule has 10 nitrogen and oxygen atoms in total. The molecule has 0 spiro atoms. The Morgan fingerprint density at radius 3 is 2.56 bits per heavy atom. The molecule has 0 fully saturated rings. The molecule has 0 saturated heterocycles. The standard InChI is InChI=1S/C24H25Cl2N5O5/c1-13(27-28-24(32)16(4)30-15(3)23(31(33)34)14(2)29-30)17-7-9-21(22(10-17)35-5)36-12-18-6-8-19(25)11-20(18)26/h6-11,16H,12H2,1-5H3,(H,28,32). The Morgan fingerprint density at radius 2 is 1.94 bits per heavy atom. The summed E-state index contributed by atoms with van der Waals surface area (Å²) in [5, 5.41) is 20.6. The number of benzene rings is 2. The number of methoxy groups -OCH3 is 1. The minimum Gasteiger partial charge on any atom is -0.493 e. The van der Waals surface area contributed by atoms with Gasteiger partial charge in [0.25, 0.3) is 5.91 Å². The second-order valence-corrected chi connectivity index (χ2v) is 8.80. The van der Waals surface area contributed by atoms with Crippen molar-refractivity contribution in [3.63, 3.8) is 0 Å². The normalized spacial score (nSPS) is 12.2. The number of hydrazone groups is 1. The molecule has 1 heterocycles. The quantitative estimate of drug-likeness (QED) is 0.223. The lowest BCUT2D eigenvalue weighted by Gasteiger charge is -2.14. The highest BCUT2D eigenvalue weighted by atomic mass is 35.5. The largest absolute Gasteiger partial charge is 0.493 e. The molecular weight excluding hydrogens is 509 g/mol. The Balaban J connectivity index is 1.71. The van der Waals surface area contributed by atoms with Crippen molar-refractivity contribution in [2.45, 2.75) is 40.3 Å². The molecule has 36 heavy (non-hydrogen) atoms. The van der Waals surface area contributed by atoms with Crippen LogP contribution >= 0.6 is 23.2 Å². The number of nitrogens with one attached hydrogen (secondary N) is 1. The molecule has 0 aliphatic carbocycles. The topological polar surface area (TPSA) is 121 Å². The number of ether oxygens (including phenoxy) is 2.